The van der Waals surface area contributed by atoms with Crippen molar-refractivity contribution < 1.29 is 37.4 Å². The number of carbonyl (C=O) groups excluding carboxylic acids is 2. The SMILES string of the molecule is COC(=O)Cc1ccccc1C#Cc1nc(Nc2ccc(C(=O)N3CCN(C(=O)O)CC3)cc2)ncc1C(F)(F)F. The summed E-state index contributed by atoms with van der Waals surface area (Å²) >= 11 is 0. The number of piperazine rings is 1. The molecule has 1 aliphatic rings. The predicted octanol–water partition coefficient (Wildman–Crippen LogP) is 3.79. The Hall–Kier alpha value is -5.12. The van der Waals surface area contributed by atoms with Gasteiger partial charge in [-0.15, -0.1) is 0 Å². The fourth-order valence-electron chi connectivity index (χ4n) is 4.00. The van der Waals surface area contributed by atoms with E-state index in [-0.39, 0.29) is 44.5 Å². The number of hydrogen-bond acceptors (Lipinski definition) is 7. The number of methoxy groups -OCH3 is 1. The van der Waals surface area contributed by atoms with Gasteiger partial charge in [-0.3, -0.25) is 9.59 Å². The average Bonchev–Trinajstić information content (AvgIpc) is 2.96. The maximum absolute atomic E-state index is 13.7. The van der Waals surface area contributed by atoms with E-state index in [1.165, 1.54) is 24.1 Å². The molecule has 2 amide bonds. The van der Waals surface area contributed by atoms with Crippen LogP contribution in [0.4, 0.5) is 29.6 Å². The molecule has 2 aromatic carbocycles. The van der Waals surface area contributed by atoms with Gasteiger partial charge in [0.25, 0.3) is 5.91 Å². The summed E-state index contributed by atoms with van der Waals surface area (Å²) in [6.07, 6.45) is -5.25. The van der Waals surface area contributed by atoms with Crippen LogP contribution in [0.2, 0.25) is 0 Å². The van der Waals surface area contributed by atoms with Crippen molar-refractivity contribution in [1.29, 1.82) is 0 Å². The summed E-state index contributed by atoms with van der Waals surface area (Å²) in [5, 5.41) is 11.9. The van der Waals surface area contributed by atoms with Crippen LogP contribution in [0.3, 0.4) is 0 Å². The summed E-state index contributed by atoms with van der Waals surface area (Å²) < 4.78 is 45.7. The summed E-state index contributed by atoms with van der Waals surface area (Å²) in [5.74, 6) is 4.20. The molecule has 1 fully saturated rings. The Morgan fingerprint density at radius 2 is 1.66 bits per heavy atom. The first kappa shape index (κ1) is 28.9. The molecule has 212 valence electrons. The van der Waals surface area contributed by atoms with Crippen LogP contribution in [0.1, 0.15) is 32.7 Å². The number of carbonyl (C=O) groups is 3. The third kappa shape index (κ3) is 7.30. The van der Waals surface area contributed by atoms with Gasteiger partial charge in [0.15, 0.2) is 0 Å². The van der Waals surface area contributed by atoms with Gasteiger partial charge in [0.05, 0.1) is 13.5 Å². The summed E-state index contributed by atoms with van der Waals surface area (Å²) in [6, 6.07) is 12.7. The molecule has 1 saturated heterocycles. The number of nitrogens with one attached hydrogen (secondary N) is 1. The van der Waals surface area contributed by atoms with E-state index in [9.17, 15) is 27.6 Å². The number of amides is 2. The Bertz CT molecular complexity index is 1510. The second kappa shape index (κ2) is 12.4. The minimum Gasteiger partial charge on any atom is -0.469 e. The van der Waals surface area contributed by atoms with Crippen LogP contribution in [-0.2, 0) is 22.1 Å². The lowest BCUT2D eigenvalue weighted by molar-refractivity contribution is -0.140. The van der Waals surface area contributed by atoms with Gasteiger partial charge in [0.2, 0.25) is 5.95 Å². The van der Waals surface area contributed by atoms with E-state index in [0.29, 0.717) is 28.6 Å². The zero-order valence-electron chi connectivity index (χ0n) is 21.7. The van der Waals surface area contributed by atoms with Crippen molar-refractivity contribution in [3.05, 3.63) is 82.7 Å². The molecule has 0 spiro atoms. The number of nitrogens with zero attached hydrogens (tertiary/aromatic N) is 4. The molecule has 0 saturated carbocycles. The smallest absolute Gasteiger partial charge is 0.420 e. The number of halogens is 3. The predicted molar refractivity (Wildman–Crippen MR) is 140 cm³/mol. The number of rotatable bonds is 5. The highest BCUT2D eigenvalue weighted by Crippen LogP contribution is 2.31. The minimum absolute atomic E-state index is 0.0961. The van der Waals surface area contributed by atoms with E-state index in [2.05, 4.69) is 31.9 Å². The second-order valence-electron chi connectivity index (χ2n) is 8.88. The van der Waals surface area contributed by atoms with Crippen LogP contribution in [-0.4, -0.2) is 76.1 Å². The van der Waals surface area contributed by atoms with Crippen molar-refractivity contribution in [3.63, 3.8) is 0 Å². The Balaban J connectivity index is 1.53. The molecular weight excluding hydrogens is 543 g/mol. The Morgan fingerprint density at radius 3 is 2.29 bits per heavy atom. The number of esters is 1. The van der Waals surface area contributed by atoms with Crippen LogP contribution >= 0.6 is 0 Å². The maximum Gasteiger partial charge on any atom is 0.420 e. The largest absolute Gasteiger partial charge is 0.469 e. The monoisotopic (exact) mass is 567 g/mol. The molecular formula is C28H24F3N5O5. The Kier molecular flexibility index (Phi) is 8.72. The van der Waals surface area contributed by atoms with Crippen LogP contribution in [0.15, 0.2) is 54.7 Å². The zero-order valence-corrected chi connectivity index (χ0v) is 21.7. The Morgan fingerprint density at radius 1 is 1.00 bits per heavy atom. The second-order valence-corrected chi connectivity index (χ2v) is 8.88. The summed E-state index contributed by atoms with van der Waals surface area (Å²) in [5.41, 5.74) is -0.0562. The molecule has 0 bridgehead atoms. The number of hydrogen-bond donors (Lipinski definition) is 2. The number of carboxylic acid groups (broad SMARTS) is 1. The molecule has 2 heterocycles. The van der Waals surface area contributed by atoms with Crippen LogP contribution < -0.4 is 5.32 Å². The van der Waals surface area contributed by atoms with Gasteiger partial charge in [-0.05, 0) is 41.8 Å². The standard InChI is InChI=1S/C28H24F3N5O5/c1-41-24(37)16-20-5-3-2-4-18(20)8-11-23-22(28(29,30)31)17-32-26(34-23)33-21-9-6-19(7-10-21)25(38)35-12-14-36(15-13-35)27(39)40/h2-7,9-10,17H,12-16H2,1H3,(H,39,40)(H,32,33,34). The lowest BCUT2D eigenvalue weighted by Gasteiger charge is -2.33. The fourth-order valence-corrected chi connectivity index (χ4v) is 4.00. The molecule has 0 aliphatic carbocycles. The van der Waals surface area contributed by atoms with E-state index < -0.39 is 29.5 Å². The molecule has 0 unspecified atom stereocenters. The van der Waals surface area contributed by atoms with Crippen molar-refractivity contribution in [1.82, 2.24) is 19.8 Å². The van der Waals surface area contributed by atoms with Gasteiger partial charge in [-0.2, -0.15) is 13.2 Å². The highest BCUT2D eigenvalue weighted by Gasteiger charge is 2.35. The number of anilines is 2. The molecule has 1 aliphatic heterocycles. The van der Waals surface area contributed by atoms with Crippen molar-refractivity contribution in [2.24, 2.45) is 0 Å². The highest BCUT2D eigenvalue weighted by atomic mass is 19.4. The van der Waals surface area contributed by atoms with E-state index in [1.807, 2.05) is 0 Å². The molecule has 0 radical (unpaired) electrons. The fraction of sp³-hybridized carbons (Fsp3) is 0.250. The number of alkyl halides is 3. The lowest BCUT2D eigenvalue weighted by Crippen LogP contribution is -2.50. The number of benzene rings is 2. The molecule has 41 heavy (non-hydrogen) atoms. The van der Waals surface area contributed by atoms with E-state index in [4.69, 9.17) is 5.11 Å². The van der Waals surface area contributed by atoms with Crippen molar-refractivity contribution in [3.8, 4) is 11.8 Å². The third-order valence-electron chi connectivity index (χ3n) is 6.21. The van der Waals surface area contributed by atoms with Crippen LogP contribution in [0.25, 0.3) is 0 Å². The maximum atomic E-state index is 13.7. The summed E-state index contributed by atoms with van der Waals surface area (Å²) in [4.78, 5) is 46.1. The third-order valence-corrected chi connectivity index (χ3v) is 6.21. The van der Waals surface area contributed by atoms with Gasteiger partial charge in [-0.25, -0.2) is 14.8 Å². The normalized spacial score (nSPS) is 13.2. The first-order valence-electron chi connectivity index (χ1n) is 12.3. The highest BCUT2D eigenvalue weighted by molar-refractivity contribution is 5.94. The van der Waals surface area contributed by atoms with Gasteiger partial charge in [0, 0.05) is 49.2 Å². The quantitative estimate of drug-likeness (QED) is 0.353. The number of ether oxygens (including phenoxy) is 1. The first-order chi connectivity index (χ1) is 19.5. The molecule has 3 aromatic rings. The van der Waals surface area contributed by atoms with Gasteiger partial charge >= 0.3 is 18.2 Å². The van der Waals surface area contributed by atoms with Crippen molar-refractivity contribution in [2.45, 2.75) is 12.6 Å². The first-order valence-corrected chi connectivity index (χ1v) is 12.3. The Labute approximate surface area is 232 Å². The van der Waals surface area contributed by atoms with Gasteiger partial charge < -0.3 is 25.0 Å². The molecule has 4 rings (SSSR count). The molecule has 1 aromatic heterocycles. The zero-order chi connectivity index (χ0) is 29.6. The van der Waals surface area contributed by atoms with Gasteiger partial charge in [-0.1, -0.05) is 24.1 Å². The summed E-state index contributed by atoms with van der Waals surface area (Å²) in [7, 11) is 1.23. The molecule has 13 heteroatoms. The lowest BCUT2D eigenvalue weighted by atomic mass is 10.0. The summed E-state index contributed by atoms with van der Waals surface area (Å²) in [6.45, 7) is 0.963. The minimum atomic E-state index is -4.76. The van der Waals surface area contributed by atoms with Crippen molar-refractivity contribution in [2.75, 3.05) is 38.6 Å². The van der Waals surface area contributed by atoms with Crippen LogP contribution in [0, 0.1) is 11.8 Å². The van der Waals surface area contributed by atoms with Crippen molar-refractivity contribution >= 4 is 29.6 Å². The molecule has 10 nitrogen and oxygen atoms in total. The van der Waals surface area contributed by atoms with Crippen LogP contribution in [0.5, 0.6) is 0 Å². The average molecular weight is 568 g/mol. The van der Waals surface area contributed by atoms with Gasteiger partial charge in [0.1, 0.15) is 11.3 Å². The van der Waals surface area contributed by atoms with E-state index in [1.54, 1.807) is 41.3 Å². The molecule has 2 N–H and O–H groups in total. The van der Waals surface area contributed by atoms with E-state index >= 15 is 0 Å². The molecule has 0 atom stereocenters. The van der Waals surface area contributed by atoms with E-state index in [0.717, 1.165) is 0 Å². The number of aromatic nitrogens is 2. The topological polar surface area (TPSA) is 125 Å².